The first-order valence-corrected chi connectivity index (χ1v) is 9.68. The minimum atomic E-state index is 0.554. The fraction of sp³-hybridized carbons (Fsp3) is 0.0870. The molecule has 0 saturated carbocycles. The smallest absolute Gasteiger partial charge is 0.254 e. The van der Waals surface area contributed by atoms with E-state index in [1.54, 1.807) is 16.9 Å². The second kappa shape index (κ2) is 8.08. The highest BCUT2D eigenvalue weighted by Gasteiger charge is 2.17. The van der Waals surface area contributed by atoms with Gasteiger partial charge in [0.05, 0.1) is 30.2 Å². The minimum Gasteiger partial charge on any atom is -0.345 e. The summed E-state index contributed by atoms with van der Waals surface area (Å²) in [5, 5.41) is 4.42. The van der Waals surface area contributed by atoms with E-state index in [-0.39, 0.29) is 0 Å². The Labute approximate surface area is 173 Å². The maximum Gasteiger partial charge on any atom is 0.254 e. The number of pyridine rings is 2. The van der Waals surface area contributed by atoms with Gasteiger partial charge in [0.25, 0.3) is 5.78 Å². The molecule has 146 valence electrons. The lowest BCUT2D eigenvalue weighted by atomic mass is 10.1. The van der Waals surface area contributed by atoms with E-state index in [1.807, 2.05) is 72.8 Å². The van der Waals surface area contributed by atoms with Gasteiger partial charge in [0.2, 0.25) is 0 Å². The molecule has 4 heterocycles. The minimum absolute atomic E-state index is 0.554. The van der Waals surface area contributed by atoms with Crippen molar-refractivity contribution in [3.05, 3.63) is 103 Å². The van der Waals surface area contributed by atoms with Crippen LogP contribution in [0.4, 0.5) is 5.82 Å². The summed E-state index contributed by atoms with van der Waals surface area (Å²) in [6.45, 7) is 1.20. The van der Waals surface area contributed by atoms with Gasteiger partial charge in [0.15, 0.2) is 0 Å². The van der Waals surface area contributed by atoms with Crippen LogP contribution in [0.5, 0.6) is 0 Å². The molecule has 4 aromatic heterocycles. The second-order valence-corrected chi connectivity index (χ2v) is 6.84. The van der Waals surface area contributed by atoms with Crippen molar-refractivity contribution in [3.8, 4) is 11.3 Å². The average Bonchev–Trinajstić information content (AvgIpc) is 3.29. The molecule has 0 radical (unpaired) electrons. The van der Waals surface area contributed by atoms with Crippen molar-refractivity contribution in [1.82, 2.24) is 29.5 Å². The summed E-state index contributed by atoms with van der Waals surface area (Å²) in [4.78, 5) is 20.3. The highest BCUT2D eigenvalue weighted by atomic mass is 15.4. The first-order valence-electron chi connectivity index (χ1n) is 9.68. The molecule has 0 aliphatic rings. The monoisotopic (exact) mass is 393 g/mol. The third-order valence-corrected chi connectivity index (χ3v) is 4.78. The van der Waals surface area contributed by atoms with Gasteiger partial charge in [-0.1, -0.05) is 42.5 Å². The van der Waals surface area contributed by atoms with Crippen molar-refractivity contribution >= 4 is 11.6 Å². The van der Waals surface area contributed by atoms with E-state index >= 15 is 0 Å². The normalized spacial score (nSPS) is 10.9. The summed E-state index contributed by atoms with van der Waals surface area (Å²) in [6, 6.07) is 24.0. The van der Waals surface area contributed by atoms with Gasteiger partial charge in [-0.05, 0) is 24.3 Å². The molecular formula is C23H19N7. The lowest BCUT2D eigenvalue weighted by molar-refractivity contribution is 0.728. The van der Waals surface area contributed by atoms with Crippen LogP contribution in [0.2, 0.25) is 0 Å². The molecule has 1 aromatic carbocycles. The van der Waals surface area contributed by atoms with Gasteiger partial charge in [0.1, 0.15) is 12.1 Å². The van der Waals surface area contributed by atoms with Crippen LogP contribution in [0.3, 0.4) is 0 Å². The van der Waals surface area contributed by atoms with Crippen molar-refractivity contribution in [1.29, 1.82) is 0 Å². The molecule has 0 aliphatic heterocycles. The van der Waals surface area contributed by atoms with Crippen LogP contribution < -0.4 is 4.90 Å². The topological polar surface area (TPSA) is 72.1 Å². The van der Waals surface area contributed by atoms with Crippen LogP contribution in [0.1, 0.15) is 11.4 Å². The molecular weight excluding hydrogens is 374 g/mol. The number of anilines is 1. The Balaban J connectivity index is 1.63. The fourth-order valence-corrected chi connectivity index (χ4v) is 3.37. The average molecular weight is 393 g/mol. The van der Waals surface area contributed by atoms with Crippen molar-refractivity contribution < 1.29 is 0 Å². The molecule has 7 heteroatoms. The molecule has 0 fully saturated rings. The van der Waals surface area contributed by atoms with Gasteiger partial charge >= 0.3 is 0 Å². The lowest BCUT2D eigenvalue weighted by Gasteiger charge is -2.25. The van der Waals surface area contributed by atoms with E-state index in [9.17, 15) is 0 Å². The van der Waals surface area contributed by atoms with Crippen molar-refractivity contribution in [2.45, 2.75) is 13.1 Å². The fourth-order valence-electron chi connectivity index (χ4n) is 3.37. The van der Waals surface area contributed by atoms with Crippen LogP contribution in [0.25, 0.3) is 17.0 Å². The zero-order chi connectivity index (χ0) is 20.2. The quantitative estimate of drug-likeness (QED) is 0.437. The highest BCUT2D eigenvalue weighted by molar-refractivity contribution is 5.65. The Hall–Kier alpha value is -4.13. The second-order valence-electron chi connectivity index (χ2n) is 6.84. The highest BCUT2D eigenvalue weighted by Crippen LogP contribution is 2.25. The van der Waals surface area contributed by atoms with Crippen LogP contribution >= 0.6 is 0 Å². The van der Waals surface area contributed by atoms with E-state index in [0.717, 1.165) is 28.5 Å². The van der Waals surface area contributed by atoms with Gasteiger partial charge < -0.3 is 4.90 Å². The number of rotatable bonds is 6. The lowest BCUT2D eigenvalue weighted by Crippen LogP contribution is -2.26. The molecule has 0 N–H and O–H groups in total. The van der Waals surface area contributed by atoms with Crippen molar-refractivity contribution in [2.75, 3.05) is 4.90 Å². The number of hydrogen-bond donors (Lipinski definition) is 0. The zero-order valence-corrected chi connectivity index (χ0v) is 16.2. The van der Waals surface area contributed by atoms with Crippen LogP contribution in [0, 0.1) is 0 Å². The van der Waals surface area contributed by atoms with Crippen LogP contribution in [-0.4, -0.2) is 29.5 Å². The Morgan fingerprint density at radius 3 is 2.03 bits per heavy atom. The van der Waals surface area contributed by atoms with Gasteiger partial charge in [0, 0.05) is 24.0 Å². The Bertz CT molecular complexity index is 1200. The molecule has 0 atom stereocenters. The van der Waals surface area contributed by atoms with E-state index in [2.05, 4.69) is 25.0 Å². The van der Waals surface area contributed by atoms with Gasteiger partial charge in [-0.25, -0.2) is 4.98 Å². The Morgan fingerprint density at radius 2 is 1.40 bits per heavy atom. The standard InChI is InChI=1S/C23H19N7/c1-2-8-18(9-3-1)21-14-22(30-23(28-21)26-17-27-30)29(15-19-10-4-6-12-24-19)16-20-11-5-7-13-25-20/h1-14,17H,15-16H2. The predicted molar refractivity (Wildman–Crippen MR) is 115 cm³/mol. The molecule has 0 saturated heterocycles. The molecule has 0 spiro atoms. The van der Waals surface area contributed by atoms with Crippen LogP contribution in [0.15, 0.2) is 91.5 Å². The number of fused-ring (bicyclic) bond motifs is 1. The zero-order valence-electron chi connectivity index (χ0n) is 16.2. The van der Waals surface area contributed by atoms with E-state index in [4.69, 9.17) is 4.98 Å². The third-order valence-electron chi connectivity index (χ3n) is 4.78. The molecule has 5 rings (SSSR count). The third kappa shape index (κ3) is 3.73. The van der Waals surface area contributed by atoms with Crippen molar-refractivity contribution in [2.24, 2.45) is 0 Å². The van der Waals surface area contributed by atoms with Crippen molar-refractivity contribution in [3.63, 3.8) is 0 Å². The van der Waals surface area contributed by atoms with Gasteiger partial charge in [-0.3, -0.25) is 9.97 Å². The van der Waals surface area contributed by atoms with E-state index < -0.39 is 0 Å². The number of nitrogens with zero attached hydrogens (tertiary/aromatic N) is 7. The maximum absolute atomic E-state index is 4.69. The largest absolute Gasteiger partial charge is 0.345 e. The van der Waals surface area contributed by atoms with Gasteiger partial charge in [-0.15, -0.1) is 0 Å². The molecule has 7 nitrogen and oxygen atoms in total. The maximum atomic E-state index is 4.69. The molecule has 0 bridgehead atoms. The first-order chi connectivity index (χ1) is 14.9. The summed E-state index contributed by atoms with van der Waals surface area (Å²) in [5.41, 5.74) is 3.79. The number of hydrogen-bond acceptors (Lipinski definition) is 6. The molecule has 30 heavy (non-hydrogen) atoms. The molecule has 0 amide bonds. The summed E-state index contributed by atoms with van der Waals surface area (Å²) in [6.07, 6.45) is 5.14. The van der Waals surface area contributed by atoms with E-state index in [1.165, 1.54) is 6.33 Å². The first kappa shape index (κ1) is 17.9. The summed E-state index contributed by atoms with van der Waals surface area (Å²) < 4.78 is 1.76. The number of benzene rings is 1. The summed E-state index contributed by atoms with van der Waals surface area (Å²) in [5.74, 6) is 1.44. The molecule has 0 aliphatic carbocycles. The predicted octanol–water partition coefficient (Wildman–Crippen LogP) is 3.79. The number of aromatic nitrogens is 6. The van der Waals surface area contributed by atoms with Crippen LogP contribution in [-0.2, 0) is 13.1 Å². The molecule has 5 aromatic rings. The van der Waals surface area contributed by atoms with Gasteiger partial charge in [-0.2, -0.15) is 14.6 Å². The summed E-state index contributed by atoms with van der Waals surface area (Å²) >= 11 is 0. The molecule has 0 unspecified atom stereocenters. The summed E-state index contributed by atoms with van der Waals surface area (Å²) in [7, 11) is 0. The Morgan fingerprint density at radius 1 is 0.733 bits per heavy atom. The Kier molecular flexibility index (Phi) is 4.83. The van der Waals surface area contributed by atoms with E-state index in [0.29, 0.717) is 18.9 Å². The SMILES string of the molecule is c1ccc(-c2cc(N(Cc3ccccn3)Cc3ccccn3)n3ncnc3n2)cc1.